The molecule has 0 saturated carbocycles. The predicted molar refractivity (Wildman–Crippen MR) is 73.5 cm³/mol. The number of nitriles is 1. The zero-order valence-electron chi connectivity index (χ0n) is 11.8. The van der Waals surface area contributed by atoms with E-state index in [1.165, 1.54) is 12.3 Å². The van der Waals surface area contributed by atoms with Crippen LogP contribution in [0, 0.1) is 11.3 Å². The summed E-state index contributed by atoms with van der Waals surface area (Å²) in [6.45, 7) is 3.92. The molecule has 7 nitrogen and oxygen atoms in total. The molecule has 21 heavy (non-hydrogen) atoms. The number of rotatable bonds is 2. The summed E-state index contributed by atoms with van der Waals surface area (Å²) in [7, 11) is 0. The first-order chi connectivity index (χ1) is 10.2. The number of carbonyl (C=O) groups is 2. The second kappa shape index (κ2) is 6.70. The SMILES string of the molecule is CCOC(=O)N1CCN(C(=O)c2ccc(C#N)nc2)CC1. The molecule has 0 bridgehead atoms. The van der Waals surface area contributed by atoms with Crippen molar-refractivity contribution in [2.45, 2.75) is 6.92 Å². The van der Waals surface area contributed by atoms with Gasteiger partial charge in [-0.15, -0.1) is 0 Å². The number of pyridine rings is 1. The molecule has 0 unspecified atom stereocenters. The van der Waals surface area contributed by atoms with Crippen LogP contribution in [0.4, 0.5) is 4.79 Å². The monoisotopic (exact) mass is 288 g/mol. The Hall–Kier alpha value is -2.62. The van der Waals surface area contributed by atoms with E-state index in [2.05, 4.69) is 4.98 Å². The summed E-state index contributed by atoms with van der Waals surface area (Å²) >= 11 is 0. The summed E-state index contributed by atoms with van der Waals surface area (Å²) in [6, 6.07) is 5.01. The molecule has 0 aliphatic carbocycles. The largest absolute Gasteiger partial charge is 0.450 e. The van der Waals surface area contributed by atoms with E-state index in [0.29, 0.717) is 38.3 Å². The first-order valence-corrected chi connectivity index (χ1v) is 6.73. The number of piperazine rings is 1. The van der Waals surface area contributed by atoms with Gasteiger partial charge in [0.1, 0.15) is 11.8 Å². The van der Waals surface area contributed by atoms with Crippen molar-refractivity contribution in [2.24, 2.45) is 0 Å². The Morgan fingerprint density at radius 3 is 2.48 bits per heavy atom. The van der Waals surface area contributed by atoms with Crippen molar-refractivity contribution in [2.75, 3.05) is 32.8 Å². The van der Waals surface area contributed by atoms with Crippen molar-refractivity contribution < 1.29 is 14.3 Å². The van der Waals surface area contributed by atoms with Gasteiger partial charge in [-0.3, -0.25) is 4.79 Å². The van der Waals surface area contributed by atoms with Gasteiger partial charge in [-0.1, -0.05) is 0 Å². The Kier molecular flexibility index (Phi) is 4.72. The minimum atomic E-state index is -0.343. The third kappa shape index (κ3) is 3.48. The average molecular weight is 288 g/mol. The van der Waals surface area contributed by atoms with Crippen LogP contribution in [0.15, 0.2) is 18.3 Å². The number of ether oxygens (including phenoxy) is 1. The molecule has 7 heteroatoms. The van der Waals surface area contributed by atoms with E-state index >= 15 is 0 Å². The van der Waals surface area contributed by atoms with E-state index in [1.807, 2.05) is 6.07 Å². The van der Waals surface area contributed by atoms with Crippen molar-refractivity contribution >= 4 is 12.0 Å². The lowest BCUT2D eigenvalue weighted by molar-refractivity contribution is 0.0570. The molecule has 1 aromatic heterocycles. The molecule has 1 saturated heterocycles. The zero-order valence-corrected chi connectivity index (χ0v) is 11.8. The summed E-state index contributed by atoms with van der Waals surface area (Å²) in [5.74, 6) is -0.143. The summed E-state index contributed by atoms with van der Waals surface area (Å²) in [6.07, 6.45) is 1.06. The highest BCUT2D eigenvalue weighted by Gasteiger charge is 2.25. The van der Waals surface area contributed by atoms with Crippen LogP contribution in [-0.2, 0) is 4.74 Å². The molecule has 1 fully saturated rings. The molecule has 0 N–H and O–H groups in total. The fourth-order valence-corrected chi connectivity index (χ4v) is 2.08. The Labute approximate surface area is 122 Å². The van der Waals surface area contributed by atoms with Crippen LogP contribution in [0.5, 0.6) is 0 Å². The normalized spacial score (nSPS) is 14.5. The van der Waals surface area contributed by atoms with Crippen LogP contribution >= 0.6 is 0 Å². The first kappa shape index (κ1) is 14.8. The molecule has 2 amide bonds. The number of amides is 2. The average Bonchev–Trinajstić information content (AvgIpc) is 2.54. The number of hydrogen-bond acceptors (Lipinski definition) is 5. The van der Waals surface area contributed by atoms with Crippen LogP contribution in [0.1, 0.15) is 23.0 Å². The van der Waals surface area contributed by atoms with Crippen LogP contribution < -0.4 is 0 Å². The van der Waals surface area contributed by atoms with Crippen molar-refractivity contribution in [1.82, 2.24) is 14.8 Å². The fourth-order valence-electron chi connectivity index (χ4n) is 2.08. The van der Waals surface area contributed by atoms with Crippen LogP contribution in [0.25, 0.3) is 0 Å². The van der Waals surface area contributed by atoms with Crippen molar-refractivity contribution in [3.05, 3.63) is 29.6 Å². The Balaban J connectivity index is 1.93. The molecule has 0 aromatic carbocycles. The highest BCUT2D eigenvalue weighted by atomic mass is 16.6. The molecule has 1 aliphatic rings. The molecule has 1 aliphatic heterocycles. The van der Waals surface area contributed by atoms with E-state index in [4.69, 9.17) is 10.00 Å². The van der Waals surface area contributed by atoms with Gasteiger partial charge in [0.25, 0.3) is 5.91 Å². The molecular formula is C14H16N4O3. The Morgan fingerprint density at radius 2 is 1.95 bits per heavy atom. The van der Waals surface area contributed by atoms with Gasteiger partial charge in [0.2, 0.25) is 0 Å². The Morgan fingerprint density at radius 1 is 1.29 bits per heavy atom. The summed E-state index contributed by atoms with van der Waals surface area (Å²) < 4.78 is 4.93. The summed E-state index contributed by atoms with van der Waals surface area (Å²) in [4.78, 5) is 31.0. The summed E-state index contributed by atoms with van der Waals surface area (Å²) in [5.41, 5.74) is 0.720. The van der Waals surface area contributed by atoms with Crippen molar-refractivity contribution in [3.8, 4) is 6.07 Å². The molecule has 0 atom stereocenters. The van der Waals surface area contributed by atoms with Gasteiger partial charge in [-0.05, 0) is 19.1 Å². The van der Waals surface area contributed by atoms with Crippen molar-refractivity contribution in [1.29, 1.82) is 5.26 Å². The van der Waals surface area contributed by atoms with Crippen LogP contribution in [0.2, 0.25) is 0 Å². The molecule has 0 spiro atoms. The highest BCUT2D eigenvalue weighted by Crippen LogP contribution is 2.09. The lowest BCUT2D eigenvalue weighted by Gasteiger charge is -2.34. The van der Waals surface area contributed by atoms with E-state index < -0.39 is 0 Å². The lowest BCUT2D eigenvalue weighted by atomic mass is 10.2. The van der Waals surface area contributed by atoms with E-state index in [9.17, 15) is 9.59 Å². The number of aromatic nitrogens is 1. The maximum Gasteiger partial charge on any atom is 0.409 e. The zero-order chi connectivity index (χ0) is 15.2. The smallest absolute Gasteiger partial charge is 0.409 e. The van der Waals surface area contributed by atoms with Crippen LogP contribution in [-0.4, -0.2) is 59.6 Å². The molecule has 0 radical (unpaired) electrons. The van der Waals surface area contributed by atoms with Gasteiger partial charge in [0, 0.05) is 32.4 Å². The molecule has 2 heterocycles. The standard InChI is InChI=1S/C14H16N4O3/c1-2-21-14(20)18-7-5-17(6-8-18)13(19)11-3-4-12(9-15)16-10-11/h3-4,10H,2,5-8H2,1H3. The third-order valence-corrected chi connectivity index (χ3v) is 3.22. The molecule has 1 aromatic rings. The van der Waals surface area contributed by atoms with Gasteiger partial charge in [-0.25, -0.2) is 9.78 Å². The number of carbonyl (C=O) groups excluding carboxylic acids is 2. The van der Waals surface area contributed by atoms with Gasteiger partial charge < -0.3 is 14.5 Å². The predicted octanol–water partition coefficient (Wildman–Crippen LogP) is 0.868. The van der Waals surface area contributed by atoms with Gasteiger partial charge in [-0.2, -0.15) is 5.26 Å². The van der Waals surface area contributed by atoms with E-state index in [0.717, 1.165) is 0 Å². The Bertz CT molecular complexity index is 557. The maximum absolute atomic E-state index is 12.3. The molecule has 2 rings (SSSR count). The second-order valence-electron chi connectivity index (χ2n) is 4.52. The van der Waals surface area contributed by atoms with Gasteiger partial charge in [0.15, 0.2) is 0 Å². The third-order valence-electron chi connectivity index (χ3n) is 3.22. The minimum Gasteiger partial charge on any atom is -0.450 e. The van der Waals surface area contributed by atoms with Gasteiger partial charge in [0.05, 0.1) is 12.2 Å². The fraction of sp³-hybridized carbons (Fsp3) is 0.429. The lowest BCUT2D eigenvalue weighted by Crippen LogP contribution is -2.50. The first-order valence-electron chi connectivity index (χ1n) is 6.73. The topological polar surface area (TPSA) is 86.5 Å². The molecule has 110 valence electrons. The highest BCUT2D eigenvalue weighted by molar-refractivity contribution is 5.94. The van der Waals surface area contributed by atoms with Crippen molar-refractivity contribution in [3.63, 3.8) is 0 Å². The van der Waals surface area contributed by atoms with Gasteiger partial charge >= 0.3 is 6.09 Å². The quantitative estimate of drug-likeness (QED) is 0.805. The minimum absolute atomic E-state index is 0.143. The summed E-state index contributed by atoms with van der Waals surface area (Å²) in [5, 5.41) is 8.68. The number of nitrogens with zero attached hydrogens (tertiary/aromatic N) is 4. The van der Waals surface area contributed by atoms with E-state index in [-0.39, 0.29) is 17.7 Å². The number of hydrogen-bond donors (Lipinski definition) is 0. The van der Waals surface area contributed by atoms with Crippen LogP contribution in [0.3, 0.4) is 0 Å². The second-order valence-corrected chi connectivity index (χ2v) is 4.52. The maximum atomic E-state index is 12.3. The molecular weight excluding hydrogens is 272 g/mol. The van der Waals surface area contributed by atoms with E-state index in [1.54, 1.807) is 22.8 Å².